The van der Waals surface area contributed by atoms with Crippen LogP contribution in [0, 0.1) is 0 Å². The van der Waals surface area contributed by atoms with Crippen LogP contribution >= 0.6 is 23.2 Å². The zero-order chi connectivity index (χ0) is 17.3. The number of fused-ring (bicyclic) bond motifs is 1. The first-order chi connectivity index (χ1) is 11.4. The number of methoxy groups -OCH3 is 1. The third kappa shape index (κ3) is 3.39. The average Bonchev–Trinajstić information content (AvgIpc) is 3.02. The van der Waals surface area contributed by atoms with Gasteiger partial charge in [-0.2, -0.15) is 0 Å². The molecule has 2 aromatic carbocycles. The van der Waals surface area contributed by atoms with Crippen molar-refractivity contribution in [3.05, 3.63) is 45.9 Å². The maximum Gasteiger partial charge on any atom is 0.242 e. The van der Waals surface area contributed by atoms with E-state index < -0.39 is 10.0 Å². The molecule has 1 aliphatic rings. The first-order valence-electron chi connectivity index (χ1n) is 6.82. The van der Waals surface area contributed by atoms with Crippen LogP contribution in [0.3, 0.4) is 0 Å². The molecule has 0 spiro atoms. The van der Waals surface area contributed by atoms with E-state index in [4.69, 9.17) is 37.4 Å². The Labute approximate surface area is 149 Å². The largest absolute Gasteiger partial charge is 0.495 e. The second-order valence-corrected chi connectivity index (χ2v) is 7.48. The average molecular weight is 390 g/mol. The zero-order valence-corrected chi connectivity index (χ0v) is 14.8. The predicted octanol–water partition coefficient (Wildman–Crippen LogP) is 3.21. The molecule has 24 heavy (non-hydrogen) atoms. The Morgan fingerprint density at radius 3 is 2.62 bits per heavy atom. The fraction of sp³-hybridized carbons (Fsp3) is 0.200. The number of hydrogen-bond donors (Lipinski definition) is 1. The molecule has 0 aromatic heterocycles. The van der Waals surface area contributed by atoms with Crippen LogP contribution in [0.5, 0.6) is 17.2 Å². The van der Waals surface area contributed by atoms with Crippen LogP contribution in [0.25, 0.3) is 0 Å². The van der Waals surface area contributed by atoms with Crippen LogP contribution in [0.2, 0.25) is 10.0 Å². The van der Waals surface area contributed by atoms with E-state index in [1.807, 2.05) is 0 Å². The third-order valence-corrected chi connectivity index (χ3v) is 5.56. The van der Waals surface area contributed by atoms with E-state index in [1.54, 1.807) is 18.2 Å². The van der Waals surface area contributed by atoms with Crippen LogP contribution in [-0.2, 0) is 16.6 Å². The van der Waals surface area contributed by atoms with E-state index in [2.05, 4.69) is 4.72 Å². The number of nitrogens with one attached hydrogen (secondary N) is 1. The minimum atomic E-state index is -3.84. The van der Waals surface area contributed by atoms with E-state index in [1.165, 1.54) is 19.2 Å². The molecule has 1 aliphatic heterocycles. The number of benzene rings is 2. The number of hydrogen-bond acceptors (Lipinski definition) is 5. The summed E-state index contributed by atoms with van der Waals surface area (Å²) in [7, 11) is -2.42. The van der Waals surface area contributed by atoms with E-state index in [0.29, 0.717) is 17.2 Å². The van der Waals surface area contributed by atoms with Gasteiger partial charge < -0.3 is 14.2 Å². The Balaban J connectivity index is 1.80. The van der Waals surface area contributed by atoms with Crippen molar-refractivity contribution in [1.29, 1.82) is 0 Å². The molecular formula is C15H13Cl2NO5S. The Hall–Kier alpha value is -1.67. The maximum absolute atomic E-state index is 12.5. The van der Waals surface area contributed by atoms with Crippen LogP contribution < -0.4 is 18.9 Å². The summed E-state index contributed by atoms with van der Waals surface area (Å²) in [5, 5.41) is 0.180. The normalized spacial score (nSPS) is 13.1. The fourth-order valence-corrected chi connectivity index (χ4v) is 4.04. The first-order valence-corrected chi connectivity index (χ1v) is 9.06. The topological polar surface area (TPSA) is 73.9 Å². The standard InChI is InChI=1S/C15H13Cl2NO5S/c1-21-13-5-11(17)15(6-10(13)16)24(19,20)18-7-9-2-3-12-14(4-9)23-8-22-12/h2-6,18H,7-8H2,1H3. The minimum Gasteiger partial charge on any atom is -0.495 e. The Bertz CT molecular complexity index is 886. The molecule has 0 unspecified atom stereocenters. The van der Waals surface area contributed by atoms with Crippen LogP contribution in [0.1, 0.15) is 5.56 Å². The van der Waals surface area contributed by atoms with Gasteiger partial charge in [-0.05, 0) is 23.8 Å². The summed E-state index contributed by atoms with van der Waals surface area (Å²) in [6, 6.07) is 7.80. The second kappa shape index (κ2) is 6.68. The quantitative estimate of drug-likeness (QED) is 0.849. The second-order valence-electron chi connectivity index (χ2n) is 4.93. The van der Waals surface area contributed by atoms with Crippen LogP contribution in [0.4, 0.5) is 0 Å². The molecule has 9 heteroatoms. The first kappa shape index (κ1) is 17.2. The molecule has 1 heterocycles. The molecule has 0 radical (unpaired) electrons. The highest BCUT2D eigenvalue weighted by Gasteiger charge is 2.21. The zero-order valence-electron chi connectivity index (χ0n) is 12.5. The summed E-state index contributed by atoms with van der Waals surface area (Å²) >= 11 is 12.0. The van der Waals surface area contributed by atoms with Crippen molar-refractivity contribution in [3.63, 3.8) is 0 Å². The summed E-state index contributed by atoms with van der Waals surface area (Å²) in [4.78, 5) is -0.115. The maximum atomic E-state index is 12.5. The van der Waals surface area contributed by atoms with Gasteiger partial charge in [0.25, 0.3) is 0 Å². The Kier molecular flexibility index (Phi) is 4.78. The van der Waals surface area contributed by atoms with Crippen molar-refractivity contribution in [2.24, 2.45) is 0 Å². The van der Waals surface area contributed by atoms with Gasteiger partial charge in [-0.15, -0.1) is 0 Å². The molecule has 0 bridgehead atoms. The summed E-state index contributed by atoms with van der Waals surface area (Å²) in [5.74, 6) is 1.51. The van der Waals surface area contributed by atoms with E-state index in [0.717, 1.165) is 5.56 Å². The van der Waals surface area contributed by atoms with Crippen molar-refractivity contribution in [2.75, 3.05) is 13.9 Å². The van der Waals surface area contributed by atoms with Crippen LogP contribution in [-0.4, -0.2) is 22.3 Å². The fourth-order valence-electron chi connectivity index (χ4n) is 2.18. The van der Waals surface area contributed by atoms with Crippen molar-refractivity contribution in [3.8, 4) is 17.2 Å². The molecule has 0 saturated carbocycles. The van der Waals surface area contributed by atoms with Gasteiger partial charge in [0.15, 0.2) is 11.5 Å². The smallest absolute Gasteiger partial charge is 0.242 e. The summed E-state index contributed by atoms with van der Waals surface area (Å²) in [6.07, 6.45) is 0. The molecule has 6 nitrogen and oxygen atoms in total. The molecule has 0 fully saturated rings. The number of ether oxygens (including phenoxy) is 3. The Morgan fingerprint density at radius 1 is 1.12 bits per heavy atom. The molecule has 128 valence electrons. The molecule has 3 rings (SSSR count). The van der Waals surface area contributed by atoms with Gasteiger partial charge in [-0.3, -0.25) is 0 Å². The monoisotopic (exact) mass is 389 g/mol. The summed E-state index contributed by atoms with van der Waals surface area (Å²) in [5.41, 5.74) is 0.721. The molecular weight excluding hydrogens is 377 g/mol. The van der Waals surface area contributed by atoms with Crippen molar-refractivity contribution >= 4 is 33.2 Å². The highest BCUT2D eigenvalue weighted by molar-refractivity contribution is 7.89. The lowest BCUT2D eigenvalue weighted by atomic mass is 10.2. The molecule has 1 N–H and O–H groups in total. The lowest BCUT2D eigenvalue weighted by Gasteiger charge is -2.11. The Morgan fingerprint density at radius 2 is 1.88 bits per heavy atom. The molecule has 0 amide bonds. The number of sulfonamides is 1. The highest BCUT2D eigenvalue weighted by atomic mass is 35.5. The molecule has 2 aromatic rings. The van der Waals surface area contributed by atoms with E-state index >= 15 is 0 Å². The number of halogens is 2. The number of rotatable bonds is 5. The van der Waals surface area contributed by atoms with Gasteiger partial charge >= 0.3 is 0 Å². The molecule has 0 saturated heterocycles. The lowest BCUT2D eigenvalue weighted by molar-refractivity contribution is 0.174. The van der Waals surface area contributed by atoms with Gasteiger partial charge in [-0.1, -0.05) is 29.3 Å². The predicted molar refractivity (Wildman–Crippen MR) is 89.6 cm³/mol. The summed E-state index contributed by atoms with van der Waals surface area (Å²) < 4.78 is 42.9. The van der Waals surface area contributed by atoms with Crippen molar-refractivity contribution in [1.82, 2.24) is 4.72 Å². The van der Waals surface area contributed by atoms with Gasteiger partial charge in [0, 0.05) is 12.6 Å². The SMILES string of the molecule is COc1cc(Cl)c(S(=O)(=O)NCc2ccc3c(c2)OCO3)cc1Cl. The molecule has 0 atom stereocenters. The third-order valence-electron chi connectivity index (χ3n) is 3.40. The van der Waals surface area contributed by atoms with Gasteiger partial charge in [-0.25, -0.2) is 13.1 Å². The van der Waals surface area contributed by atoms with Gasteiger partial charge in [0.2, 0.25) is 16.8 Å². The highest BCUT2D eigenvalue weighted by Crippen LogP contribution is 2.34. The lowest BCUT2D eigenvalue weighted by Crippen LogP contribution is -2.23. The van der Waals surface area contributed by atoms with Crippen LogP contribution in [0.15, 0.2) is 35.2 Å². The van der Waals surface area contributed by atoms with Gasteiger partial charge in [0.1, 0.15) is 10.6 Å². The van der Waals surface area contributed by atoms with E-state index in [9.17, 15) is 8.42 Å². The molecule has 0 aliphatic carbocycles. The minimum absolute atomic E-state index is 0.0226. The van der Waals surface area contributed by atoms with Gasteiger partial charge in [0.05, 0.1) is 17.2 Å². The van der Waals surface area contributed by atoms with E-state index in [-0.39, 0.29) is 28.3 Å². The van der Waals surface area contributed by atoms with Crippen molar-refractivity contribution < 1.29 is 22.6 Å². The summed E-state index contributed by atoms with van der Waals surface area (Å²) in [6.45, 7) is 0.226. The van der Waals surface area contributed by atoms with Crippen molar-refractivity contribution in [2.45, 2.75) is 11.4 Å².